The van der Waals surface area contributed by atoms with Gasteiger partial charge in [0.2, 0.25) is 0 Å². The van der Waals surface area contributed by atoms with E-state index in [9.17, 15) is 24.6 Å². The molecule has 5 nitrogen and oxygen atoms in total. The monoisotopic (exact) mass is 346 g/mol. The van der Waals surface area contributed by atoms with Gasteiger partial charge in [-0.3, -0.25) is 9.59 Å². The Labute approximate surface area is 147 Å². The Balaban J connectivity index is 1.97. The van der Waals surface area contributed by atoms with Gasteiger partial charge in [-0.15, -0.1) is 0 Å². The minimum absolute atomic E-state index is 0.0296. The summed E-state index contributed by atoms with van der Waals surface area (Å²) in [7, 11) is 0. The second-order valence-electron chi connectivity index (χ2n) is 9.20. The molecule has 4 saturated carbocycles. The van der Waals surface area contributed by atoms with Crippen molar-refractivity contribution >= 4 is 18.2 Å². The van der Waals surface area contributed by atoms with E-state index in [2.05, 4.69) is 6.58 Å². The van der Waals surface area contributed by atoms with Gasteiger partial charge in [0.25, 0.3) is 0 Å². The SMILES string of the molecule is C=C1C[C@]23C[C@H]1CC[C@H]2[C@@]1(C=O)CCC[C@@](C)(C(=O)O)[C@H]1[C@@H]3C(=O)O. The summed E-state index contributed by atoms with van der Waals surface area (Å²) < 4.78 is 0. The molecule has 4 aliphatic rings. The first-order valence-corrected chi connectivity index (χ1v) is 9.33. The fourth-order valence-electron chi connectivity index (χ4n) is 7.64. The molecule has 4 rings (SSSR count). The molecule has 7 atom stereocenters. The van der Waals surface area contributed by atoms with Crippen LogP contribution in [-0.4, -0.2) is 28.4 Å². The Hall–Kier alpha value is -1.65. The van der Waals surface area contributed by atoms with Gasteiger partial charge in [0, 0.05) is 11.3 Å². The minimum atomic E-state index is -1.16. The molecule has 0 aromatic rings. The summed E-state index contributed by atoms with van der Waals surface area (Å²) >= 11 is 0. The molecule has 0 saturated heterocycles. The van der Waals surface area contributed by atoms with Gasteiger partial charge in [0.15, 0.2) is 0 Å². The number of aliphatic carboxylic acids is 2. The summed E-state index contributed by atoms with van der Waals surface area (Å²) in [5, 5.41) is 20.2. The zero-order valence-corrected chi connectivity index (χ0v) is 14.7. The van der Waals surface area contributed by atoms with Crippen LogP contribution in [0.1, 0.15) is 51.9 Å². The average Bonchev–Trinajstić information content (AvgIpc) is 2.96. The van der Waals surface area contributed by atoms with Gasteiger partial charge >= 0.3 is 11.9 Å². The molecular weight excluding hydrogens is 320 g/mol. The first kappa shape index (κ1) is 16.8. The van der Waals surface area contributed by atoms with Gasteiger partial charge in [-0.2, -0.15) is 0 Å². The number of hydrogen-bond acceptors (Lipinski definition) is 3. The van der Waals surface area contributed by atoms with Crippen LogP contribution in [0.2, 0.25) is 0 Å². The van der Waals surface area contributed by atoms with E-state index in [1.807, 2.05) is 0 Å². The van der Waals surface area contributed by atoms with Crippen LogP contribution in [0.5, 0.6) is 0 Å². The van der Waals surface area contributed by atoms with Crippen LogP contribution in [-0.2, 0) is 14.4 Å². The summed E-state index contributed by atoms with van der Waals surface area (Å²) in [5.74, 6) is -2.99. The molecule has 4 aliphatic carbocycles. The fourth-order valence-corrected chi connectivity index (χ4v) is 7.64. The van der Waals surface area contributed by atoms with Gasteiger partial charge in [0.1, 0.15) is 6.29 Å². The van der Waals surface area contributed by atoms with E-state index in [1.54, 1.807) is 6.92 Å². The van der Waals surface area contributed by atoms with E-state index >= 15 is 0 Å². The number of allylic oxidation sites excluding steroid dienone is 1. The van der Waals surface area contributed by atoms with Crippen molar-refractivity contribution in [2.75, 3.05) is 0 Å². The lowest BCUT2D eigenvalue weighted by Crippen LogP contribution is -2.52. The number of aldehydes is 1. The molecule has 25 heavy (non-hydrogen) atoms. The van der Waals surface area contributed by atoms with Crippen LogP contribution < -0.4 is 0 Å². The van der Waals surface area contributed by atoms with Gasteiger partial charge in [-0.1, -0.05) is 18.6 Å². The highest BCUT2D eigenvalue weighted by molar-refractivity contribution is 5.82. The third-order valence-electron chi connectivity index (χ3n) is 8.40. The third-order valence-corrected chi connectivity index (χ3v) is 8.40. The van der Waals surface area contributed by atoms with Crippen LogP contribution in [0.15, 0.2) is 12.2 Å². The van der Waals surface area contributed by atoms with Crippen molar-refractivity contribution in [3.05, 3.63) is 12.2 Å². The average molecular weight is 346 g/mol. The Morgan fingerprint density at radius 3 is 2.56 bits per heavy atom. The molecule has 136 valence electrons. The van der Waals surface area contributed by atoms with Crippen LogP contribution in [0.3, 0.4) is 0 Å². The van der Waals surface area contributed by atoms with E-state index in [4.69, 9.17) is 0 Å². The Morgan fingerprint density at radius 2 is 1.96 bits per heavy atom. The predicted octanol–water partition coefficient (Wildman–Crippen LogP) is 3.14. The Morgan fingerprint density at radius 1 is 1.24 bits per heavy atom. The van der Waals surface area contributed by atoms with Crippen molar-refractivity contribution in [2.45, 2.75) is 51.9 Å². The van der Waals surface area contributed by atoms with Crippen LogP contribution in [0.4, 0.5) is 0 Å². The smallest absolute Gasteiger partial charge is 0.309 e. The summed E-state index contributed by atoms with van der Waals surface area (Å²) in [6.45, 7) is 5.85. The first-order valence-electron chi connectivity index (χ1n) is 9.33. The minimum Gasteiger partial charge on any atom is -0.481 e. The second-order valence-corrected chi connectivity index (χ2v) is 9.20. The number of carbonyl (C=O) groups excluding carboxylic acids is 1. The van der Waals surface area contributed by atoms with Crippen LogP contribution >= 0.6 is 0 Å². The quantitative estimate of drug-likeness (QED) is 0.605. The molecule has 0 amide bonds. The summed E-state index contributed by atoms with van der Waals surface area (Å²) in [6.07, 6.45) is 5.85. The van der Waals surface area contributed by atoms with Crippen molar-refractivity contribution in [1.29, 1.82) is 0 Å². The first-order chi connectivity index (χ1) is 11.7. The molecule has 4 fully saturated rings. The fraction of sp³-hybridized carbons (Fsp3) is 0.750. The maximum atomic E-state index is 12.4. The van der Waals surface area contributed by atoms with Crippen molar-refractivity contribution in [2.24, 2.45) is 39.9 Å². The largest absolute Gasteiger partial charge is 0.481 e. The van der Waals surface area contributed by atoms with E-state index in [0.717, 1.165) is 31.1 Å². The van der Waals surface area contributed by atoms with Crippen molar-refractivity contribution in [3.63, 3.8) is 0 Å². The van der Waals surface area contributed by atoms with E-state index in [1.165, 1.54) is 0 Å². The third kappa shape index (κ3) is 1.77. The number of hydrogen-bond donors (Lipinski definition) is 2. The zero-order valence-electron chi connectivity index (χ0n) is 14.7. The standard InChI is InChI=1S/C20H26O5/c1-11-8-20-9-12(11)4-5-13(20)19(10-21)7-3-6-18(2,17(24)25)15(19)14(20)16(22)23/h10,12-15H,1,3-9H2,2H3,(H,22,23)(H,24,25)/t12-,13+,14-,15-,18-,19+,20+/m1/s1. The topological polar surface area (TPSA) is 91.7 Å². The molecule has 2 N–H and O–H groups in total. The molecule has 0 aromatic carbocycles. The molecule has 0 aliphatic heterocycles. The lowest BCUT2D eigenvalue weighted by atomic mass is 9.53. The number of carboxylic acid groups (broad SMARTS) is 2. The molecule has 0 heterocycles. The highest BCUT2D eigenvalue weighted by Crippen LogP contribution is 2.77. The van der Waals surface area contributed by atoms with Gasteiger partial charge in [-0.05, 0) is 62.7 Å². The molecule has 1 spiro atoms. The molecule has 5 heteroatoms. The lowest BCUT2D eigenvalue weighted by molar-refractivity contribution is -0.167. The van der Waals surface area contributed by atoms with Crippen molar-refractivity contribution < 1.29 is 24.6 Å². The zero-order chi connectivity index (χ0) is 18.2. The predicted molar refractivity (Wildman–Crippen MR) is 89.7 cm³/mol. The summed E-state index contributed by atoms with van der Waals surface area (Å²) in [6, 6.07) is 0. The maximum Gasteiger partial charge on any atom is 0.309 e. The number of carboxylic acids is 2. The number of carbonyl (C=O) groups is 3. The van der Waals surface area contributed by atoms with Gasteiger partial charge in [0.05, 0.1) is 11.3 Å². The lowest BCUT2D eigenvalue weighted by Gasteiger charge is -2.49. The molecule has 0 aromatic heterocycles. The van der Waals surface area contributed by atoms with Gasteiger partial charge in [-0.25, -0.2) is 0 Å². The van der Waals surface area contributed by atoms with Crippen LogP contribution in [0, 0.1) is 39.9 Å². The normalized spacial score (nSPS) is 50.8. The number of rotatable bonds is 3. The van der Waals surface area contributed by atoms with Crippen molar-refractivity contribution in [1.82, 2.24) is 0 Å². The van der Waals surface area contributed by atoms with Gasteiger partial charge < -0.3 is 15.0 Å². The van der Waals surface area contributed by atoms with E-state index < -0.39 is 40.0 Å². The highest BCUT2D eigenvalue weighted by Gasteiger charge is 2.76. The maximum absolute atomic E-state index is 12.4. The Kier molecular flexibility index (Phi) is 3.33. The molecular formula is C20H26O5. The Bertz CT molecular complexity index is 684. The van der Waals surface area contributed by atoms with E-state index in [0.29, 0.717) is 31.6 Å². The highest BCUT2D eigenvalue weighted by atomic mass is 16.4. The van der Waals surface area contributed by atoms with Crippen molar-refractivity contribution in [3.8, 4) is 0 Å². The second kappa shape index (κ2) is 4.95. The molecule has 0 radical (unpaired) electrons. The molecule has 2 bridgehead atoms. The van der Waals surface area contributed by atoms with E-state index in [-0.39, 0.29) is 5.92 Å². The summed E-state index contributed by atoms with van der Waals surface area (Å²) in [5.41, 5.74) is -1.36. The molecule has 0 unspecified atom stereocenters. The van der Waals surface area contributed by atoms with Crippen LogP contribution in [0.25, 0.3) is 0 Å². The number of fused-ring (bicyclic) bond motifs is 3. The summed E-state index contributed by atoms with van der Waals surface area (Å²) in [4.78, 5) is 37.1.